The van der Waals surface area contributed by atoms with Crippen molar-refractivity contribution in [2.45, 2.75) is 71.3 Å². The highest BCUT2D eigenvalue weighted by Gasteiger charge is 2.19. The van der Waals surface area contributed by atoms with Gasteiger partial charge in [-0.05, 0) is 56.9 Å². The van der Waals surface area contributed by atoms with Crippen molar-refractivity contribution in [3.8, 4) is 0 Å². The van der Waals surface area contributed by atoms with Crippen LogP contribution in [0.5, 0.6) is 0 Å². The molecular formula is C15H29NO2. The number of hydrogen-bond acceptors (Lipinski definition) is 2. The van der Waals surface area contributed by atoms with Gasteiger partial charge in [-0.2, -0.15) is 0 Å². The van der Waals surface area contributed by atoms with Gasteiger partial charge in [0.2, 0.25) is 0 Å². The van der Waals surface area contributed by atoms with Gasteiger partial charge in [-0.25, -0.2) is 0 Å². The van der Waals surface area contributed by atoms with Gasteiger partial charge in [0.1, 0.15) is 0 Å². The van der Waals surface area contributed by atoms with Gasteiger partial charge in [-0.15, -0.1) is 0 Å². The average Bonchev–Trinajstić information content (AvgIpc) is 2.37. The van der Waals surface area contributed by atoms with E-state index < -0.39 is 5.97 Å². The Kier molecular flexibility index (Phi) is 7.33. The van der Waals surface area contributed by atoms with Crippen LogP contribution >= 0.6 is 0 Å². The second-order valence-electron chi connectivity index (χ2n) is 5.91. The Morgan fingerprint density at radius 2 is 1.94 bits per heavy atom. The van der Waals surface area contributed by atoms with Crippen molar-refractivity contribution < 1.29 is 9.90 Å². The summed E-state index contributed by atoms with van der Waals surface area (Å²) < 4.78 is 0. The molecule has 0 aliphatic heterocycles. The maximum absolute atomic E-state index is 10.5. The first kappa shape index (κ1) is 15.5. The summed E-state index contributed by atoms with van der Waals surface area (Å²) in [5.74, 6) is 0.797. The Bertz CT molecular complexity index is 235. The Morgan fingerprint density at radius 1 is 1.28 bits per heavy atom. The molecule has 1 unspecified atom stereocenters. The van der Waals surface area contributed by atoms with E-state index in [0.29, 0.717) is 18.4 Å². The first-order chi connectivity index (χ1) is 8.61. The molecule has 0 aromatic rings. The highest BCUT2D eigenvalue weighted by Crippen LogP contribution is 2.26. The van der Waals surface area contributed by atoms with Crippen molar-refractivity contribution in [1.29, 1.82) is 0 Å². The van der Waals surface area contributed by atoms with Crippen LogP contribution < -0.4 is 5.32 Å². The van der Waals surface area contributed by atoms with Crippen molar-refractivity contribution >= 4 is 5.97 Å². The van der Waals surface area contributed by atoms with Gasteiger partial charge >= 0.3 is 5.97 Å². The Labute approximate surface area is 111 Å². The number of rotatable bonds is 8. The van der Waals surface area contributed by atoms with Gasteiger partial charge in [0.25, 0.3) is 0 Å². The smallest absolute Gasteiger partial charge is 0.303 e. The largest absolute Gasteiger partial charge is 0.481 e. The fraction of sp³-hybridized carbons (Fsp3) is 0.933. The molecule has 0 radical (unpaired) electrons. The Morgan fingerprint density at radius 3 is 2.50 bits per heavy atom. The van der Waals surface area contributed by atoms with Crippen LogP contribution in [0.25, 0.3) is 0 Å². The number of carboxylic acids is 1. The van der Waals surface area contributed by atoms with Gasteiger partial charge in [0.05, 0.1) is 0 Å². The molecule has 0 bridgehead atoms. The molecule has 1 aliphatic carbocycles. The second-order valence-corrected chi connectivity index (χ2v) is 5.91. The quantitative estimate of drug-likeness (QED) is 0.698. The van der Waals surface area contributed by atoms with E-state index in [2.05, 4.69) is 19.2 Å². The molecule has 3 nitrogen and oxygen atoms in total. The zero-order valence-corrected chi connectivity index (χ0v) is 12.0. The molecule has 0 aromatic heterocycles. The summed E-state index contributed by atoms with van der Waals surface area (Å²) in [6.45, 7) is 5.49. The van der Waals surface area contributed by atoms with Crippen molar-refractivity contribution in [2.24, 2.45) is 11.8 Å². The molecule has 1 fully saturated rings. The van der Waals surface area contributed by atoms with Crippen LogP contribution in [-0.2, 0) is 4.79 Å². The van der Waals surface area contributed by atoms with E-state index in [1.165, 1.54) is 32.1 Å². The topological polar surface area (TPSA) is 49.3 Å². The highest BCUT2D eigenvalue weighted by atomic mass is 16.4. The minimum absolute atomic E-state index is 0.308. The molecule has 1 rings (SSSR count). The lowest BCUT2D eigenvalue weighted by atomic mass is 9.84. The summed E-state index contributed by atoms with van der Waals surface area (Å²) in [6.07, 6.45) is 8.94. The van der Waals surface area contributed by atoms with E-state index in [-0.39, 0.29) is 0 Å². The zero-order chi connectivity index (χ0) is 13.4. The van der Waals surface area contributed by atoms with Crippen LogP contribution in [0.4, 0.5) is 0 Å². The molecule has 0 saturated heterocycles. The zero-order valence-electron chi connectivity index (χ0n) is 12.0. The molecule has 0 spiro atoms. The minimum Gasteiger partial charge on any atom is -0.481 e. The Balaban J connectivity index is 2.02. The van der Waals surface area contributed by atoms with Crippen LogP contribution in [0.2, 0.25) is 0 Å². The summed E-state index contributed by atoms with van der Waals surface area (Å²) in [5.41, 5.74) is 0. The molecule has 1 saturated carbocycles. The van der Waals surface area contributed by atoms with E-state index in [1.54, 1.807) is 0 Å². The standard InChI is InChI=1S/C15H29NO2/c1-3-13-5-7-14(8-6-13)16-11-10-12(2)4-9-15(17)18/h12-14,16H,3-11H2,1-2H3,(H,17,18). The van der Waals surface area contributed by atoms with Crippen molar-refractivity contribution in [1.82, 2.24) is 5.32 Å². The minimum atomic E-state index is -0.673. The first-order valence-electron chi connectivity index (χ1n) is 7.57. The van der Waals surface area contributed by atoms with E-state index in [9.17, 15) is 4.79 Å². The van der Waals surface area contributed by atoms with Crippen LogP contribution in [0, 0.1) is 11.8 Å². The van der Waals surface area contributed by atoms with Gasteiger partial charge in [0, 0.05) is 12.5 Å². The molecule has 18 heavy (non-hydrogen) atoms. The lowest BCUT2D eigenvalue weighted by Crippen LogP contribution is -2.34. The van der Waals surface area contributed by atoms with E-state index in [1.807, 2.05) is 0 Å². The average molecular weight is 255 g/mol. The fourth-order valence-electron chi connectivity index (χ4n) is 2.82. The molecule has 0 amide bonds. The number of carbonyl (C=O) groups is 1. The number of carboxylic acid groups (broad SMARTS) is 1. The predicted octanol–water partition coefficient (Wildman–Crippen LogP) is 3.44. The summed E-state index contributed by atoms with van der Waals surface area (Å²) in [5, 5.41) is 12.3. The van der Waals surface area contributed by atoms with Gasteiger partial charge in [0.15, 0.2) is 0 Å². The maximum atomic E-state index is 10.5. The molecule has 2 N–H and O–H groups in total. The summed E-state index contributed by atoms with van der Waals surface area (Å²) in [6, 6.07) is 0.708. The van der Waals surface area contributed by atoms with Gasteiger partial charge in [-0.1, -0.05) is 20.3 Å². The molecule has 3 heteroatoms. The number of hydrogen-bond donors (Lipinski definition) is 2. The maximum Gasteiger partial charge on any atom is 0.303 e. The summed E-state index contributed by atoms with van der Waals surface area (Å²) in [4.78, 5) is 10.5. The van der Waals surface area contributed by atoms with E-state index >= 15 is 0 Å². The molecule has 106 valence electrons. The summed E-state index contributed by atoms with van der Waals surface area (Å²) in [7, 11) is 0. The third-order valence-corrected chi connectivity index (χ3v) is 4.35. The van der Waals surface area contributed by atoms with Crippen LogP contribution in [0.1, 0.15) is 65.2 Å². The molecule has 0 aromatic carbocycles. The third-order valence-electron chi connectivity index (χ3n) is 4.35. The van der Waals surface area contributed by atoms with E-state index in [0.717, 1.165) is 25.3 Å². The number of nitrogens with one attached hydrogen (secondary N) is 1. The van der Waals surface area contributed by atoms with Crippen LogP contribution in [-0.4, -0.2) is 23.7 Å². The third kappa shape index (κ3) is 6.39. The van der Waals surface area contributed by atoms with Gasteiger partial charge < -0.3 is 10.4 Å². The lowest BCUT2D eigenvalue weighted by molar-refractivity contribution is -0.137. The van der Waals surface area contributed by atoms with Crippen molar-refractivity contribution in [2.75, 3.05) is 6.54 Å². The normalized spacial score (nSPS) is 25.9. The van der Waals surface area contributed by atoms with Crippen LogP contribution in [0.3, 0.4) is 0 Å². The van der Waals surface area contributed by atoms with E-state index in [4.69, 9.17) is 5.11 Å². The molecule has 1 atom stereocenters. The lowest BCUT2D eigenvalue weighted by Gasteiger charge is -2.28. The number of aliphatic carboxylic acids is 1. The van der Waals surface area contributed by atoms with Crippen LogP contribution in [0.15, 0.2) is 0 Å². The fourth-order valence-corrected chi connectivity index (χ4v) is 2.82. The van der Waals surface area contributed by atoms with Crippen molar-refractivity contribution in [3.05, 3.63) is 0 Å². The molecule has 1 aliphatic rings. The summed E-state index contributed by atoms with van der Waals surface area (Å²) >= 11 is 0. The monoisotopic (exact) mass is 255 g/mol. The SMILES string of the molecule is CCC1CCC(NCCC(C)CCC(=O)O)CC1. The highest BCUT2D eigenvalue weighted by molar-refractivity contribution is 5.66. The molecular weight excluding hydrogens is 226 g/mol. The Hall–Kier alpha value is -0.570. The first-order valence-corrected chi connectivity index (χ1v) is 7.57. The molecule has 0 heterocycles. The predicted molar refractivity (Wildman–Crippen MR) is 74.7 cm³/mol. The second kappa shape index (κ2) is 8.52. The van der Waals surface area contributed by atoms with Crippen molar-refractivity contribution in [3.63, 3.8) is 0 Å². The van der Waals surface area contributed by atoms with Gasteiger partial charge in [-0.3, -0.25) is 4.79 Å².